The number of nitrogens with zero attached hydrogens (tertiary/aromatic N) is 4. The van der Waals surface area contributed by atoms with Crippen LogP contribution in [0.1, 0.15) is 19.7 Å². The molecule has 1 heterocycles. The molecule has 0 atom stereocenters. The summed E-state index contributed by atoms with van der Waals surface area (Å²) >= 11 is 9.58. The molecular weight excluding hydrogens is 318 g/mol. The maximum absolute atomic E-state index is 6.16. The van der Waals surface area contributed by atoms with E-state index in [1.165, 1.54) is 0 Å². The minimum Gasteiger partial charge on any atom is -0.308 e. The Kier molecular flexibility index (Phi) is 4.31. The number of nitrogens with one attached hydrogen (secondary N) is 1. The zero-order valence-electron chi connectivity index (χ0n) is 10.1. The van der Waals surface area contributed by atoms with Crippen LogP contribution in [0.2, 0.25) is 5.02 Å². The van der Waals surface area contributed by atoms with Crippen LogP contribution in [0, 0.1) is 0 Å². The molecule has 5 nitrogen and oxygen atoms in total. The summed E-state index contributed by atoms with van der Waals surface area (Å²) in [7, 11) is 0. The zero-order valence-corrected chi connectivity index (χ0v) is 12.4. The topological polar surface area (TPSA) is 55.6 Å². The molecule has 0 aliphatic heterocycles. The average Bonchev–Trinajstić information content (AvgIpc) is 2.77. The van der Waals surface area contributed by atoms with Gasteiger partial charge < -0.3 is 5.32 Å². The molecule has 1 aromatic carbocycles. The highest BCUT2D eigenvalue weighted by atomic mass is 79.9. The largest absolute Gasteiger partial charge is 0.308 e. The molecule has 0 radical (unpaired) electrons. The third-order valence-electron chi connectivity index (χ3n) is 2.34. The maximum atomic E-state index is 6.16. The first-order chi connectivity index (χ1) is 8.58. The Morgan fingerprint density at radius 3 is 2.94 bits per heavy atom. The van der Waals surface area contributed by atoms with Crippen LogP contribution < -0.4 is 5.32 Å². The lowest BCUT2D eigenvalue weighted by molar-refractivity contribution is 0.563. The molecule has 0 amide bonds. The molecule has 0 fully saturated rings. The molecule has 7 heteroatoms. The van der Waals surface area contributed by atoms with Crippen LogP contribution in [0.5, 0.6) is 0 Å². The summed E-state index contributed by atoms with van der Waals surface area (Å²) in [6, 6.07) is 5.94. The molecule has 2 aromatic rings. The van der Waals surface area contributed by atoms with Crippen molar-refractivity contribution in [1.82, 2.24) is 25.5 Å². The number of hydrogen-bond donors (Lipinski definition) is 1. The number of benzene rings is 1. The van der Waals surface area contributed by atoms with Crippen LogP contribution in [-0.2, 0) is 6.54 Å². The summed E-state index contributed by atoms with van der Waals surface area (Å²) in [6.45, 7) is 4.73. The Morgan fingerprint density at radius 1 is 1.44 bits per heavy atom. The number of hydrogen-bond acceptors (Lipinski definition) is 4. The van der Waals surface area contributed by atoms with E-state index in [1.807, 2.05) is 18.2 Å². The number of rotatable bonds is 4. The SMILES string of the molecule is CC(C)NCc1nnnn1-c1cc(Br)ccc1Cl. The van der Waals surface area contributed by atoms with Gasteiger partial charge in [-0.2, -0.15) is 4.68 Å². The van der Waals surface area contributed by atoms with E-state index in [9.17, 15) is 0 Å². The van der Waals surface area contributed by atoms with Crippen molar-refractivity contribution in [1.29, 1.82) is 0 Å². The van der Waals surface area contributed by atoms with Gasteiger partial charge in [-0.3, -0.25) is 0 Å². The molecule has 0 aliphatic rings. The van der Waals surface area contributed by atoms with Gasteiger partial charge in [0.1, 0.15) is 0 Å². The molecule has 1 aromatic heterocycles. The van der Waals surface area contributed by atoms with Crippen molar-refractivity contribution < 1.29 is 0 Å². The Bertz CT molecular complexity index is 540. The lowest BCUT2D eigenvalue weighted by Crippen LogP contribution is -2.24. The van der Waals surface area contributed by atoms with Gasteiger partial charge in [-0.25, -0.2) is 0 Å². The van der Waals surface area contributed by atoms with E-state index >= 15 is 0 Å². The van der Waals surface area contributed by atoms with Crippen molar-refractivity contribution in [3.8, 4) is 5.69 Å². The van der Waals surface area contributed by atoms with E-state index in [0.29, 0.717) is 17.6 Å². The minimum atomic E-state index is 0.369. The Morgan fingerprint density at radius 2 is 2.22 bits per heavy atom. The number of aromatic nitrogens is 4. The molecule has 96 valence electrons. The quantitative estimate of drug-likeness (QED) is 0.936. The first-order valence-electron chi connectivity index (χ1n) is 5.54. The van der Waals surface area contributed by atoms with Crippen molar-refractivity contribution in [3.63, 3.8) is 0 Å². The lowest BCUT2D eigenvalue weighted by Gasteiger charge is -2.09. The predicted molar refractivity (Wildman–Crippen MR) is 73.8 cm³/mol. The number of tetrazole rings is 1. The van der Waals surface area contributed by atoms with Crippen molar-refractivity contribution in [2.45, 2.75) is 26.4 Å². The number of halogens is 2. The summed E-state index contributed by atoms with van der Waals surface area (Å²) in [4.78, 5) is 0. The average molecular weight is 331 g/mol. The predicted octanol–water partition coefficient (Wildman–Crippen LogP) is 2.58. The van der Waals surface area contributed by atoms with Crippen LogP contribution in [-0.4, -0.2) is 26.2 Å². The monoisotopic (exact) mass is 329 g/mol. The molecule has 0 aliphatic carbocycles. The molecular formula is C11H13BrClN5. The Labute approximate surface area is 119 Å². The molecule has 2 rings (SSSR count). The van der Waals surface area contributed by atoms with E-state index in [0.717, 1.165) is 16.0 Å². The molecule has 0 unspecified atom stereocenters. The van der Waals surface area contributed by atoms with Gasteiger partial charge in [0.05, 0.1) is 17.3 Å². The van der Waals surface area contributed by atoms with Gasteiger partial charge in [0, 0.05) is 10.5 Å². The second-order valence-corrected chi connectivity index (χ2v) is 5.46. The first-order valence-corrected chi connectivity index (χ1v) is 6.71. The molecule has 0 bridgehead atoms. The minimum absolute atomic E-state index is 0.369. The van der Waals surface area contributed by atoms with Gasteiger partial charge >= 0.3 is 0 Å². The first kappa shape index (κ1) is 13.5. The molecule has 18 heavy (non-hydrogen) atoms. The smallest absolute Gasteiger partial charge is 0.170 e. The van der Waals surface area contributed by atoms with Crippen molar-refractivity contribution in [3.05, 3.63) is 33.5 Å². The normalized spacial score (nSPS) is 11.2. The second-order valence-electron chi connectivity index (χ2n) is 4.14. The molecule has 0 spiro atoms. The second kappa shape index (κ2) is 5.77. The fraction of sp³-hybridized carbons (Fsp3) is 0.364. The van der Waals surface area contributed by atoms with Crippen LogP contribution in [0.25, 0.3) is 5.69 Å². The van der Waals surface area contributed by atoms with Gasteiger partial charge in [0.2, 0.25) is 0 Å². The van der Waals surface area contributed by atoms with Gasteiger partial charge in [-0.1, -0.05) is 41.4 Å². The van der Waals surface area contributed by atoms with Crippen molar-refractivity contribution in [2.75, 3.05) is 0 Å². The van der Waals surface area contributed by atoms with Gasteiger partial charge in [-0.05, 0) is 28.6 Å². The summed E-state index contributed by atoms with van der Waals surface area (Å²) in [5.74, 6) is 0.726. The summed E-state index contributed by atoms with van der Waals surface area (Å²) in [6.07, 6.45) is 0. The van der Waals surface area contributed by atoms with Crippen molar-refractivity contribution in [2.24, 2.45) is 0 Å². The highest BCUT2D eigenvalue weighted by molar-refractivity contribution is 9.10. The highest BCUT2D eigenvalue weighted by Crippen LogP contribution is 2.24. The third kappa shape index (κ3) is 3.07. The fourth-order valence-electron chi connectivity index (χ4n) is 1.45. The van der Waals surface area contributed by atoms with E-state index in [2.05, 4.69) is 50.6 Å². The standard InChI is InChI=1S/C11H13BrClN5/c1-7(2)14-6-11-15-16-17-18(11)10-5-8(12)3-4-9(10)13/h3-5,7,14H,6H2,1-2H3. The van der Waals surface area contributed by atoms with E-state index in [4.69, 9.17) is 11.6 Å². The maximum Gasteiger partial charge on any atom is 0.170 e. The van der Waals surface area contributed by atoms with Gasteiger partial charge in [0.15, 0.2) is 5.82 Å². The molecule has 0 saturated heterocycles. The van der Waals surface area contributed by atoms with E-state index in [1.54, 1.807) is 4.68 Å². The summed E-state index contributed by atoms with van der Waals surface area (Å²) in [5.41, 5.74) is 0.761. The summed E-state index contributed by atoms with van der Waals surface area (Å²) < 4.78 is 2.57. The third-order valence-corrected chi connectivity index (χ3v) is 3.15. The molecule has 0 saturated carbocycles. The van der Waals surface area contributed by atoms with Crippen LogP contribution in [0.4, 0.5) is 0 Å². The zero-order chi connectivity index (χ0) is 13.1. The summed E-state index contributed by atoms with van der Waals surface area (Å²) in [5, 5.41) is 15.6. The molecule has 1 N–H and O–H groups in total. The Balaban J connectivity index is 2.33. The highest BCUT2D eigenvalue weighted by Gasteiger charge is 2.11. The van der Waals surface area contributed by atoms with Crippen LogP contribution in [0.15, 0.2) is 22.7 Å². The van der Waals surface area contributed by atoms with Gasteiger partial charge in [-0.15, -0.1) is 5.10 Å². The van der Waals surface area contributed by atoms with Crippen LogP contribution >= 0.6 is 27.5 Å². The Hall–Kier alpha value is -0.980. The van der Waals surface area contributed by atoms with Crippen molar-refractivity contribution >= 4 is 27.5 Å². The lowest BCUT2D eigenvalue weighted by atomic mass is 10.3. The van der Waals surface area contributed by atoms with E-state index < -0.39 is 0 Å². The van der Waals surface area contributed by atoms with Crippen LogP contribution in [0.3, 0.4) is 0 Å². The fourth-order valence-corrected chi connectivity index (χ4v) is 1.99. The van der Waals surface area contributed by atoms with Gasteiger partial charge in [0.25, 0.3) is 0 Å². The van der Waals surface area contributed by atoms with E-state index in [-0.39, 0.29) is 0 Å².